The van der Waals surface area contributed by atoms with Gasteiger partial charge < -0.3 is 0 Å². The summed E-state index contributed by atoms with van der Waals surface area (Å²) in [4.78, 5) is 0. The van der Waals surface area contributed by atoms with E-state index in [4.69, 9.17) is 0 Å². The minimum absolute atomic E-state index is 0.444. The first-order valence-corrected chi connectivity index (χ1v) is 5.69. The fourth-order valence-electron chi connectivity index (χ4n) is 1.62. The second kappa shape index (κ2) is 2.69. The van der Waals surface area contributed by atoms with Crippen LogP contribution in [0, 0.1) is 0 Å². The van der Waals surface area contributed by atoms with Crippen LogP contribution in [-0.2, 0) is 0 Å². The molecule has 0 atom stereocenters. The van der Waals surface area contributed by atoms with E-state index in [1.165, 1.54) is 35.5 Å². The number of allylic oxidation sites excluding steroid dienone is 4. The Kier molecular flexibility index (Phi) is 2.31. The molecule has 0 heterocycles. The Bertz CT molecular complexity index is 228. The molecule has 58 valence electrons. The third-order valence-electron chi connectivity index (χ3n) is 3.25. The first kappa shape index (κ1) is 9.44. The van der Waals surface area contributed by atoms with Crippen molar-refractivity contribution in [3.63, 3.8) is 0 Å². The monoisotopic (exact) mass is 250 g/mol. The van der Waals surface area contributed by atoms with Crippen molar-refractivity contribution in [2.24, 2.45) is 0 Å². The summed E-state index contributed by atoms with van der Waals surface area (Å²) in [5.74, 6) is 0. The molecule has 0 nitrogen and oxygen atoms in total. The molecule has 0 aromatic rings. The van der Waals surface area contributed by atoms with E-state index in [9.17, 15) is 0 Å². The molecule has 11 heavy (non-hydrogen) atoms. The van der Waals surface area contributed by atoms with Gasteiger partial charge in [-0.1, -0.05) is 0 Å². The summed E-state index contributed by atoms with van der Waals surface area (Å²) in [6.45, 7) is 11.4. The molecule has 0 amide bonds. The molecule has 0 unspecified atom stereocenters. The van der Waals surface area contributed by atoms with E-state index in [0.717, 1.165) is 0 Å². The maximum absolute atomic E-state index is 2.36. The van der Waals surface area contributed by atoms with E-state index in [1.807, 2.05) is 0 Å². The molecule has 0 fully saturated rings. The standard InChI is InChI=1S/C10H15.In/c1-6-7(2)9(4)10(5)8(6)3;/h1-5H3;. The normalized spacial score (nSPS) is 23.4. The summed E-state index contributed by atoms with van der Waals surface area (Å²) < 4.78 is 0.444. The quantitative estimate of drug-likeness (QED) is 0.619. The third kappa shape index (κ3) is 1.22. The summed E-state index contributed by atoms with van der Waals surface area (Å²) in [7, 11) is 0. The zero-order valence-corrected chi connectivity index (χ0v) is 11.4. The molecule has 0 saturated heterocycles. The fourth-order valence-corrected chi connectivity index (χ4v) is 2.86. The van der Waals surface area contributed by atoms with Crippen molar-refractivity contribution in [2.75, 3.05) is 0 Å². The van der Waals surface area contributed by atoms with Gasteiger partial charge >= 0.3 is 84.5 Å². The number of hydrogen-bond acceptors (Lipinski definition) is 0. The van der Waals surface area contributed by atoms with Crippen LogP contribution in [0.2, 0.25) is 3.17 Å². The average Bonchev–Trinajstić information content (AvgIpc) is 2.06. The predicted octanol–water partition coefficient (Wildman–Crippen LogP) is 3.02. The van der Waals surface area contributed by atoms with Gasteiger partial charge in [0.1, 0.15) is 0 Å². The minimum atomic E-state index is 0.444. The Labute approximate surface area is 84.3 Å². The van der Waals surface area contributed by atoms with Crippen LogP contribution in [0.15, 0.2) is 22.3 Å². The Morgan fingerprint density at radius 3 is 1.27 bits per heavy atom. The summed E-state index contributed by atoms with van der Waals surface area (Å²) >= 11 is 1.31. The van der Waals surface area contributed by atoms with Crippen LogP contribution in [0.3, 0.4) is 0 Å². The average molecular weight is 250 g/mol. The van der Waals surface area contributed by atoms with Crippen LogP contribution < -0.4 is 0 Å². The Morgan fingerprint density at radius 1 is 0.909 bits per heavy atom. The van der Waals surface area contributed by atoms with Gasteiger partial charge in [0.2, 0.25) is 0 Å². The van der Waals surface area contributed by atoms with Gasteiger partial charge in [0.05, 0.1) is 0 Å². The Balaban J connectivity index is 3.27. The first-order chi connectivity index (χ1) is 4.89. The van der Waals surface area contributed by atoms with Crippen LogP contribution >= 0.6 is 0 Å². The van der Waals surface area contributed by atoms with E-state index in [1.54, 1.807) is 11.1 Å². The molecule has 2 radical (unpaired) electrons. The van der Waals surface area contributed by atoms with Crippen molar-refractivity contribution in [1.29, 1.82) is 0 Å². The number of hydrogen-bond donors (Lipinski definition) is 0. The van der Waals surface area contributed by atoms with Gasteiger partial charge in [-0.3, -0.25) is 0 Å². The molecule has 0 spiro atoms. The van der Waals surface area contributed by atoms with E-state index in [0.29, 0.717) is 3.17 Å². The van der Waals surface area contributed by atoms with Gasteiger partial charge in [0.25, 0.3) is 0 Å². The molecule has 1 aliphatic carbocycles. The van der Waals surface area contributed by atoms with Gasteiger partial charge in [0, 0.05) is 0 Å². The van der Waals surface area contributed by atoms with Crippen molar-refractivity contribution >= 4 is 24.4 Å². The molecular weight excluding hydrogens is 235 g/mol. The molecule has 0 bridgehead atoms. The van der Waals surface area contributed by atoms with Crippen molar-refractivity contribution < 1.29 is 0 Å². The van der Waals surface area contributed by atoms with E-state index >= 15 is 0 Å². The van der Waals surface area contributed by atoms with Crippen LogP contribution in [0.25, 0.3) is 0 Å². The second-order valence-electron chi connectivity index (χ2n) is 3.70. The molecule has 0 aliphatic heterocycles. The van der Waals surface area contributed by atoms with Crippen LogP contribution in [0.1, 0.15) is 34.6 Å². The molecule has 1 rings (SSSR count). The molecule has 0 saturated carbocycles. The second-order valence-corrected chi connectivity index (χ2v) is 7.00. The van der Waals surface area contributed by atoms with Gasteiger partial charge in [-0.15, -0.1) is 0 Å². The predicted molar refractivity (Wildman–Crippen MR) is 50.9 cm³/mol. The molecule has 1 heteroatoms. The Hall–Kier alpha value is 0.350. The van der Waals surface area contributed by atoms with Gasteiger partial charge in [-0.2, -0.15) is 0 Å². The van der Waals surface area contributed by atoms with Crippen LogP contribution in [0.5, 0.6) is 0 Å². The van der Waals surface area contributed by atoms with Crippen molar-refractivity contribution in [2.45, 2.75) is 37.8 Å². The van der Waals surface area contributed by atoms with Gasteiger partial charge in [-0.05, 0) is 0 Å². The zero-order valence-electron chi connectivity index (χ0n) is 8.08. The van der Waals surface area contributed by atoms with E-state index < -0.39 is 0 Å². The molecule has 0 aromatic heterocycles. The Morgan fingerprint density at radius 2 is 1.18 bits per heavy atom. The molecule has 0 N–H and O–H groups in total. The molecule has 0 aromatic carbocycles. The fraction of sp³-hybridized carbons (Fsp3) is 0.600. The van der Waals surface area contributed by atoms with Gasteiger partial charge in [0.15, 0.2) is 0 Å². The van der Waals surface area contributed by atoms with Crippen LogP contribution in [-0.4, -0.2) is 24.4 Å². The third-order valence-corrected chi connectivity index (χ3v) is 5.72. The summed E-state index contributed by atoms with van der Waals surface area (Å²) in [6.07, 6.45) is 0. The maximum atomic E-state index is 2.36. The van der Waals surface area contributed by atoms with Crippen molar-refractivity contribution in [1.82, 2.24) is 0 Å². The SMILES string of the molecule is CC1=C(C)[C](C)([In])C(C)=C1C. The van der Waals surface area contributed by atoms with Gasteiger partial charge in [-0.25, -0.2) is 0 Å². The number of rotatable bonds is 0. The van der Waals surface area contributed by atoms with Crippen molar-refractivity contribution in [3.8, 4) is 0 Å². The molecule has 1 aliphatic rings. The topological polar surface area (TPSA) is 0 Å². The summed E-state index contributed by atoms with van der Waals surface area (Å²) in [5, 5.41) is 0. The molecular formula is C10H15In. The first-order valence-electron chi connectivity index (χ1n) is 4.04. The zero-order chi connectivity index (χ0) is 8.81. The van der Waals surface area contributed by atoms with Crippen molar-refractivity contribution in [3.05, 3.63) is 22.3 Å². The summed E-state index contributed by atoms with van der Waals surface area (Å²) in [6, 6.07) is 0. The van der Waals surface area contributed by atoms with E-state index in [2.05, 4.69) is 34.6 Å². The summed E-state index contributed by atoms with van der Waals surface area (Å²) in [5.41, 5.74) is 6.24. The van der Waals surface area contributed by atoms with Crippen LogP contribution in [0.4, 0.5) is 0 Å². The van der Waals surface area contributed by atoms with E-state index in [-0.39, 0.29) is 0 Å².